The van der Waals surface area contributed by atoms with Crippen LogP contribution < -0.4 is 0 Å². The number of aryl methyl sites for hydroxylation is 1. The molecule has 14 heavy (non-hydrogen) atoms. The zero-order chi connectivity index (χ0) is 10.6. The van der Waals surface area contributed by atoms with Crippen LogP contribution in [0.5, 0.6) is 0 Å². The monoisotopic (exact) mass is 196 g/mol. The Bertz CT molecular complexity index is 333. The van der Waals surface area contributed by atoms with Crippen LogP contribution in [0.2, 0.25) is 0 Å². The lowest BCUT2D eigenvalue weighted by molar-refractivity contribution is 0.302. The van der Waals surface area contributed by atoms with Crippen molar-refractivity contribution in [2.45, 2.75) is 44.7 Å². The van der Waals surface area contributed by atoms with E-state index in [-0.39, 0.29) is 5.41 Å². The molecule has 2 rings (SSSR count). The Morgan fingerprint density at radius 2 is 2.00 bits per heavy atom. The fourth-order valence-electron chi connectivity index (χ4n) is 1.71. The van der Waals surface area contributed by atoms with Crippen LogP contribution in [0.25, 0.3) is 0 Å². The first-order valence-corrected chi connectivity index (χ1v) is 5.06. The summed E-state index contributed by atoms with van der Waals surface area (Å²) in [5, 5.41) is 4.25. The van der Waals surface area contributed by atoms with Crippen LogP contribution in [0.1, 0.15) is 44.9 Å². The average Bonchev–Trinajstić information content (AvgIpc) is 2.60. The number of alkyl halides is 1. The summed E-state index contributed by atoms with van der Waals surface area (Å²) < 4.78 is 15.7. The normalized spacial score (nSPS) is 19.8. The number of nitrogens with zero attached hydrogens (tertiary/aromatic N) is 2. The first kappa shape index (κ1) is 9.69. The number of rotatable bonds is 1. The van der Waals surface area contributed by atoms with Crippen LogP contribution in [-0.2, 0) is 18.1 Å². The molecule has 0 N–H and O–H groups in total. The standard InChI is InChI=1S/C11H17FN2/c1-10(2,3)8-7-14(4)13-9(8)11(12)5-6-11/h7H,5-6H2,1-4H3. The molecule has 1 aliphatic carbocycles. The molecule has 1 aromatic heterocycles. The van der Waals surface area contributed by atoms with Gasteiger partial charge in [0, 0.05) is 18.8 Å². The highest BCUT2D eigenvalue weighted by atomic mass is 19.1. The van der Waals surface area contributed by atoms with Crippen molar-refractivity contribution in [1.82, 2.24) is 9.78 Å². The van der Waals surface area contributed by atoms with Crippen molar-refractivity contribution in [1.29, 1.82) is 0 Å². The van der Waals surface area contributed by atoms with Crippen molar-refractivity contribution in [3.8, 4) is 0 Å². The Morgan fingerprint density at radius 1 is 1.43 bits per heavy atom. The van der Waals surface area contributed by atoms with Crippen LogP contribution in [-0.4, -0.2) is 9.78 Å². The van der Waals surface area contributed by atoms with E-state index in [0.29, 0.717) is 18.5 Å². The first-order chi connectivity index (χ1) is 6.33. The van der Waals surface area contributed by atoms with Gasteiger partial charge in [-0.3, -0.25) is 4.68 Å². The summed E-state index contributed by atoms with van der Waals surface area (Å²) in [6.07, 6.45) is 3.20. The summed E-state index contributed by atoms with van der Waals surface area (Å²) in [6.45, 7) is 6.29. The van der Waals surface area contributed by atoms with Crippen LogP contribution in [0.3, 0.4) is 0 Å². The zero-order valence-electron chi connectivity index (χ0n) is 9.26. The summed E-state index contributed by atoms with van der Waals surface area (Å²) in [7, 11) is 1.85. The topological polar surface area (TPSA) is 17.8 Å². The maximum atomic E-state index is 14.0. The molecular weight excluding hydrogens is 179 g/mol. The molecule has 1 fully saturated rings. The van der Waals surface area contributed by atoms with E-state index in [1.807, 2.05) is 13.2 Å². The van der Waals surface area contributed by atoms with Crippen LogP contribution in [0.4, 0.5) is 4.39 Å². The average molecular weight is 196 g/mol. The van der Waals surface area contributed by atoms with Gasteiger partial charge in [0.1, 0.15) is 5.69 Å². The van der Waals surface area contributed by atoms with E-state index >= 15 is 0 Å². The largest absolute Gasteiger partial charge is 0.275 e. The van der Waals surface area contributed by atoms with Gasteiger partial charge in [-0.15, -0.1) is 0 Å². The van der Waals surface area contributed by atoms with E-state index in [4.69, 9.17) is 0 Å². The second-order valence-electron chi connectivity index (χ2n) is 5.28. The zero-order valence-corrected chi connectivity index (χ0v) is 9.26. The molecule has 0 spiro atoms. The number of aromatic nitrogens is 2. The van der Waals surface area contributed by atoms with Gasteiger partial charge in [-0.25, -0.2) is 4.39 Å². The Morgan fingerprint density at radius 3 is 2.43 bits per heavy atom. The lowest BCUT2D eigenvalue weighted by atomic mass is 9.86. The van der Waals surface area contributed by atoms with Gasteiger partial charge in [0.2, 0.25) is 0 Å². The molecule has 0 radical (unpaired) electrons. The Hall–Kier alpha value is -0.860. The summed E-state index contributed by atoms with van der Waals surface area (Å²) in [5.41, 5.74) is 0.558. The maximum absolute atomic E-state index is 14.0. The Balaban J connectivity index is 2.49. The molecule has 3 heteroatoms. The highest BCUT2D eigenvalue weighted by molar-refractivity contribution is 5.33. The maximum Gasteiger partial charge on any atom is 0.155 e. The molecular formula is C11H17FN2. The van der Waals surface area contributed by atoms with E-state index in [1.54, 1.807) is 4.68 Å². The van der Waals surface area contributed by atoms with Gasteiger partial charge in [0.05, 0.1) is 0 Å². The van der Waals surface area contributed by atoms with Gasteiger partial charge in [0.25, 0.3) is 0 Å². The molecule has 1 aliphatic rings. The smallest absolute Gasteiger partial charge is 0.155 e. The quantitative estimate of drug-likeness (QED) is 0.675. The Kier molecular flexibility index (Phi) is 1.79. The van der Waals surface area contributed by atoms with Gasteiger partial charge in [-0.2, -0.15) is 5.10 Å². The van der Waals surface area contributed by atoms with Gasteiger partial charge in [0.15, 0.2) is 5.67 Å². The van der Waals surface area contributed by atoms with Crippen molar-refractivity contribution < 1.29 is 4.39 Å². The minimum absolute atomic E-state index is 0.0225. The molecule has 0 aromatic carbocycles. The van der Waals surface area contributed by atoms with Gasteiger partial charge in [-0.1, -0.05) is 20.8 Å². The molecule has 0 atom stereocenters. The van der Waals surface area contributed by atoms with Crippen LogP contribution >= 0.6 is 0 Å². The van der Waals surface area contributed by atoms with E-state index in [0.717, 1.165) is 5.56 Å². The minimum Gasteiger partial charge on any atom is -0.275 e. The van der Waals surface area contributed by atoms with Crippen LogP contribution in [0.15, 0.2) is 6.20 Å². The van der Waals surface area contributed by atoms with E-state index < -0.39 is 5.67 Å². The van der Waals surface area contributed by atoms with E-state index in [1.165, 1.54) is 0 Å². The third kappa shape index (κ3) is 1.45. The van der Waals surface area contributed by atoms with Gasteiger partial charge >= 0.3 is 0 Å². The van der Waals surface area contributed by atoms with Gasteiger partial charge < -0.3 is 0 Å². The van der Waals surface area contributed by atoms with Crippen molar-refractivity contribution in [3.05, 3.63) is 17.5 Å². The fraction of sp³-hybridized carbons (Fsp3) is 0.727. The molecule has 1 saturated carbocycles. The molecule has 0 amide bonds. The van der Waals surface area contributed by atoms with Crippen LogP contribution in [0, 0.1) is 0 Å². The van der Waals surface area contributed by atoms with Crippen molar-refractivity contribution in [3.63, 3.8) is 0 Å². The second-order valence-corrected chi connectivity index (χ2v) is 5.28. The lowest BCUT2D eigenvalue weighted by Crippen LogP contribution is -2.15. The summed E-state index contributed by atoms with van der Waals surface area (Å²) >= 11 is 0. The van der Waals surface area contributed by atoms with E-state index in [9.17, 15) is 4.39 Å². The summed E-state index contributed by atoms with van der Waals surface area (Å²) in [5.74, 6) is 0. The highest BCUT2D eigenvalue weighted by Gasteiger charge is 2.49. The highest BCUT2D eigenvalue weighted by Crippen LogP contribution is 2.51. The van der Waals surface area contributed by atoms with Crippen molar-refractivity contribution in [2.75, 3.05) is 0 Å². The second kappa shape index (κ2) is 2.59. The molecule has 0 aliphatic heterocycles. The molecule has 0 bridgehead atoms. The molecule has 1 aromatic rings. The molecule has 0 unspecified atom stereocenters. The number of halogens is 1. The SMILES string of the molecule is Cn1cc(C(C)(C)C)c(C2(F)CC2)n1. The lowest BCUT2D eigenvalue weighted by Gasteiger charge is -2.19. The third-order valence-electron chi connectivity index (χ3n) is 2.75. The predicted octanol–water partition coefficient (Wildman–Crippen LogP) is 2.68. The summed E-state index contributed by atoms with van der Waals surface area (Å²) in [4.78, 5) is 0. The molecule has 0 saturated heterocycles. The fourth-order valence-corrected chi connectivity index (χ4v) is 1.71. The first-order valence-electron chi connectivity index (χ1n) is 5.06. The van der Waals surface area contributed by atoms with Crippen molar-refractivity contribution in [2.24, 2.45) is 7.05 Å². The molecule has 1 heterocycles. The number of hydrogen-bond donors (Lipinski definition) is 0. The molecule has 78 valence electrons. The third-order valence-corrected chi connectivity index (χ3v) is 2.75. The summed E-state index contributed by atoms with van der Waals surface area (Å²) in [6, 6.07) is 0. The minimum atomic E-state index is -1.12. The predicted molar refractivity (Wildman–Crippen MR) is 53.9 cm³/mol. The van der Waals surface area contributed by atoms with E-state index in [2.05, 4.69) is 25.9 Å². The Labute approximate surface area is 84.1 Å². The van der Waals surface area contributed by atoms with Gasteiger partial charge in [-0.05, 0) is 18.3 Å². The number of hydrogen-bond acceptors (Lipinski definition) is 1. The van der Waals surface area contributed by atoms with Crippen molar-refractivity contribution >= 4 is 0 Å². The molecule has 2 nitrogen and oxygen atoms in total.